The second-order valence-corrected chi connectivity index (χ2v) is 2.86. The fourth-order valence-electron chi connectivity index (χ4n) is 1.12. The predicted molar refractivity (Wildman–Crippen MR) is 41.5 cm³/mol. The predicted octanol–water partition coefficient (Wildman–Crippen LogP) is 2.14. The Hall–Kier alpha value is -0.760. The van der Waals surface area contributed by atoms with Gasteiger partial charge in [0.15, 0.2) is 5.92 Å². The zero-order valence-electron chi connectivity index (χ0n) is 7.49. The van der Waals surface area contributed by atoms with Crippen LogP contribution in [-0.4, -0.2) is 18.4 Å². The first-order valence-corrected chi connectivity index (χ1v) is 3.85. The molecule has 0 heterocycles. The normalized spacial score (nSPS) is 15.5. The molecular weight excluding hydrogens is 226 g/mol. The number of hydrogen-bond acceptors (Lipinski definition) is 2. The van der Waals surface area contributed by atoms with Crippen molar-refractivity contribution in [3.63, 3.8) is 0 Å². The highest BCUT2D eigenvalue weighted by molar-refractivity contribution is 4.90. The molecule has 0 aromatic carbocycles. The summed E-state index contributed by atoms with van der Waals surface area (Å²) in [5.41, 5.74) is 1.50. The van der Waals surface area contributed by atoms with Gasteiger partial charge in [-0.1, -0.05) is 6.08 Å². The molecule has 1 atom stereocenters. The summed E-state index contributed by atoms with van der Waals surface area (Å²) in [7, 11) is 0. The molecule has 15 heavy (non-hydrogen) atoms. The maximum Gasteiger partial charge on any atom is 0.402 e. The molecule has 2 nitrogen and oxygen atoms in total. The average Bonchev–Trinajstić information content (AvgIpc) is 1.98. The Morgan fingerprint density at radius 2 is 1.53 bits per heavy atom. The van der Waals surface area contributed by atoms with Crippen LogP contribution >= 0.6 is 0 Å². The topological polar surface area (TPSA) is 38.0 Å². The first-order valence-electron chi connectivity index (χ1n) is 3.85. The summed E-state index contributed by atoms with van der Waals surface area (Å²) in [6.07, 6.45) is -10.4. The monoisotopic (exact) mass is 236 g/mol. The lowest BCUT2D eigenvalue weighted by Crippen LogP contribution is -2.52. The van der Waals surface area contributed by atoms with E-state index in [-0.39, 0.29) is 0 Å². The van der Waals surface area contributed by atoms with E-state index < -0.39 is 30.7 Å². The molecule has 0 saturated heterocycles. The van der Waals surface area contributed by atoms with Crippen molar-refractivity contribution in [2.45, 2.75) is 24.8 Å². The van der Waals surface area contributed by atoms with Crippen LogP contribution in [0.25, 0.3) is 0 Å². The Balaban J connectivity index is 5.00. The lowest BCUT2D eigenvalue weighted by atomic mass is 9.96. The molecule has 0 fully saturated rings. The Labute approximate surface area is 82.1 Å². The molecule has 3 N–H and O–H groups in total. The van der Waals surface area contributed by atoms with E-state index in [0.29, 0.717) is 0 Å². The van der Waals surface area contributed by atoms with Gasteiger partial charge in [-0.3, -0.25) is 11.3 Å². The summed E-state index contributed by atoms with van der Waals surface area (Å²) >= 11 is 0. The van der Waals surface area contributed by atoms with Gasteiger partial charge < -0.3 is 0 Å². The smallest absolute Gasteiger partial charge is 0.271 e. The van der Waals surface area contributed by atoms with Gasteiger partial charge in [-0.15, -0.1) is 6.58 Å². The minimum Gasteiger partial charge on any atom is -0.271 e. The quantitative estimate of drug-likeness (QED) is 0.339. The largest absolute Gasteiger partial charge is 0.402 e. The van der Waals surface area contributed by atoms with Crippen molar-refractivity contribution in [1.82, 2.24) is 5.43 Å². The van der Waals surface area contributed by atoms with Crippen molar-refractivity contribution in [2.24, 2.45) is 11.8 Å². The third-order valence-corrected chi connectivity index (χ3v) is 1.74. The highest BCUT2D eigenvalue weighted by Gasteiger charge is 2.59. The summed E-state index contributed by atoms with van der Waals surface area (Å²) in [5.74, 6) is 1.16. The molecular formula is C7H10F6N2. The molecule has 0 amide bonds. The van der Waals surface area contributed by atoms with E-state index in [9.17, 15) is 26.3 Å². The second kappa shape index (κ2) is 4.84. The van der Waals surface area contributed by atoms with Crippen LogP contribution in [0.3, 0.4) is 0 Å². The van der Waals surface area contributed by atoms with Crippen LogP contribution < -0.4 is 11.3 Å². The molecule has 0 aliphatic heterocycles. The third kappa shape index (κ3) is 4.08. The second-order valence-electron chi connectivity index (χ2n) is 2.86. The van der Waals surface area contributed by atoms with Crippen molar-refractivity contribution in [3.8, 4) is 0 Å². The van der Waals surface area contributed by atoms with Gasteiger partial charge in [0.25, 0.3) is 0 Å². The first kappa shape index (κ1) is 14.2. The molecule has 0 rings (SSSR count). The van der Waals surface area contributed by atoms with E-state index in [1.54, 1.807) is 0 Å². The van der Waals surface area contributed by atoms with E-state index in [1.165, 1.54) is 5.43 Å². The number of rotatable bonds is 4. The van der Waals surface area contributed by atoms with Gasteiger partial charge in [-0.25, -0.2) is 0 Å². The third-order valence-electron chi connectivity index (χ3n) is 1.74. The molecule has 0 aliphatic carbocycles. The Morgan fingerprint density at radius 1 is 1.13 bits per heavy atom. The molecule has 0 aromatic heterocycles. The van der Waals surface area contributed by atoms with Crippen molar-refractivity contribution in [1.29, 1.82) is 0 Å². The minimum atomic E-state index is -5.39. The van der Waals surface area contributed by atoms with Gasteiger partial charge >= 0.3 is 12.4 Å². The average molecular weight is 236 g/mol. The number of hydrazine groups is 1. The summed E-state index contributed by atoms with van der Waals surface area (Å²) in [6, 6.07) is -1.96. The molecule has 0 saturated carbocycles. The maximum absolute atomic E-state index is 12.1. The van der Waals surface area contributed by atoms with Gasteiger partial charge in [0.05, 0.1) is 0 Å². The standard InChI is InChI=1S/C7H10F6N2/c1-2-3-4(15-14)5(6(8,9)10)7(11,12)13/h2,4-5,15H,1,3,14H2. The van der Waals surface area contributed by atoms with Crippen LogP contribution in [-0.2, 0) is 0 Å². The molecule has 0 spiro atoms. The van der Waals surface area contributed by atoms with Gasteiger partial charge in [-0.2, -0.15) is 26.3 Å². The molecule has 8 heteroatoms. The Kier molecular flexibility index (Phi) is 4.60. The highest BCUT2D eigenvalue weighted by atomic mass is 19.4. The maximum atomic E-state index is 12.1. The van der Waals surface area contributed by atoms with Crippen molar-refractivity contribution in [2.75, 3.05) is 0 Å². The number of nitrogens with one attached hydrogen (secondary N) is 1. The van der Waals surface area contributed by atoms with Crippen LogP contribution in [0.5, 0.6) is 0 Å². The SMILES string of the molecule is C=CCC(NN)C(C(F)(F)F)C(F)(F)F. The fraction of sp³-hybridized carbons (Fsp3) is 0.714. The van der Waals surface area contributed by atoms with Crippen LogP contribution in [0, 0.1) is 5.92 Å². The van der Waals surface area contributed by atoms with E-state index in [2.05, 4.69) is 12.4 Å². The van der Waals surface area contributed by atoms with Crippen molar-refractivity contribution in [3.05, 3.63) is 12.7 Å². The number of halogens is 6. The fourth-order valence-corrected chi connectivity index (χ4v) is 1.12. The van der Waals surface area contributed by atoms with Crippen molar-refractivity contribution < 1.29 is 26.3 Å². The summed E-state index contributed by atoms with van der Waals surface area (Å²) < 4.78 is 72.8. The van der Waals surface area contributed by atoms with Gasteiger partial charge in [0.2, 0.25) is 0 Å². The molecule has 0 bridgehead atoms. The zero-order valence-corrected chi connectivity index (χ0v) is 7.49. The van der Waals surface area contributed by atoms with Gasteiger partial charge in [0.1, 0.15) is 0 Å². The summed E-state index contributed by atoms with van der Waals surface area (Å²) in [5, 5.41) is 0. The lowest BCUT2D eigenvalue weighted by Gasteiger charge is -2.29. The highest BCUT2D eigenvalue weighted by Crippen LogP contribution is 2.41. The molecule has 0 radical (unpaired) electrons. The van der Waals surface area contributed by atoms with Crippen LogP contribution in [0.15, 0.2) is 12.7 Å². The van der Waals surface area contributed by atoms with Gasteiger partial charge in [0, 0.05) is 6.04 Å². The van der Waals surface area contributed by atoms with E-state index in [4.69, 9.17) is 0 Å². The number of hydrogen-bond donors (Lipinski definition) is 2. The first-order chi connectivity index (χ1) is 6.64. The number of alkyl halides is 6. The van der Waals surface area contributed by atoms with E-state index >= 15 is 0 Å². The molecule has 90 valence electrons. The lowest BCUT2D eigenvalue weighted by molar-refractivity contribution is -0.291. The summed E-state index contributed by atoms with van der Waals surface area (Å²) in [4.78, 5) is 0. The molecule has 0 aromatic rings. The molecule has 0 aliphatic rings. The van der Waals surface area contributed by atoms with Crippen LogP contribution in [0.1, 0.15) is 6.42 Å². The van der Waals surface area contributed by atoms with Crippen molar-refractivity contribution >= 4 is 0 Å². The molecule has 1 unspecified atom stereocenters. The minimum absolute atomic E-state index is 0.528. The zero-order chi connectivity index (χ0) is 12.3. The van der Waals surface area contributed by atoms with E-state index in [1.807, 2.05) is 0 Å². The van der Waals surface area contributed by atoms with Crippen LogP contribution in [0.2, 0.25) is 0 Å². The Bertz CT molecular complexity index is 195. The summed E-state index contributed by atoms with van der Waals surface area (Å²) in [6.45, 7) is 3.06. The van der Waals surface area contributed by atoms with Gasteiger partial charge in [-0.05, 0) is 6.42 Å². The Morgan fingerprint density at radius 3 is 1.73 bits per heavy atom. The number of nitrogens with two attached hydrogens (primary N) is 1. The van der Waals surface area contributed by atoms with E-state index in [0.717, 1.165) is 6.08 Å². The van der Waals surface area contributed by atoms with Crippen LogP contribution in [0.4, 0.5) is 26.3 Å².